The third-order valence-corrected chi connectivity index (χ3v) is 5.45. The average Bonchev–Trinajstić information content (AvgIpc) is 2.00. The largest absolute Gasteiger partial charge is 0.323 e. The van der Waals surface area contributed by atoms with E-state index in [-0.39, 0.29) is 0 Å². The molecular formula is C13H23OP. The lowest BCUT2D eigenvalue weighted by atomic mass is 10.3. The van der Waals surface area contributed by atoms with Crippen molar-refractivity contribution in [3.05, 3.63) is 37.0 Å². The minimum absolute atomic E-state index is 0.664. The Morgan fingerprint density at radius 3 is 2.00 bits per heavy atom. The van der Waals surface area contributed by atoms with Gasteiger partial charge in [0, 0.05) is 18.5 Å². The highest BCUT2D eigenvalue weighted by atomic mass is 31.2. The molecule has 0 amide bonds. The number of hydrogen-bond acceptors (Lipinski definition) is 1. The summed E-state index contributed by atoms with van der Waals surface area (Å²) in [7, 11) is -2.11. The van der Waals surface area contributed by atoms with Gasteiger partial charge in [-0.05, 0) is 26.7 Å². The van der Waals surface area contributed by atoms with Gasteiger partial charge in [-0.3, -0.25) is 0 Å². The molecule has 0 aromatic rings. The maximum atomic E-state index is 12.6. The van der Waals surface area contributed by atoms with Crippen LogP contribution >= 0.6 is 7.14 Å². The molecule has 0 unspecified atom stereocenters. The summed E-state index contributed by atoms with van der Waals surface area (Å²) in [5.74, 6) is 0. The lowest BCUT2D eigenvalue weighted by Crippen LogP contribution is -2.02. The number of hydrogen-bond donors (Lipinski definition) is 0. The molecule has 1 nitrogen and oxygen atoms in total. The van der Waals surface area contributed by atoms with Crippen LogP contribution in [-0.4, -0.2) is 18.5 Å². The summed E-state index contributed by atoms with van der Waals surface area (Å²) < 4.78 is 12.6. The fraction of sp³-hybridized carbons (Fsp3) is 0.538. The van der Waals surface area contributed by atoms with Crippen molar-refractivity contribution in [1.29, 1.82) is 0 Å². The summed E-state index contributed by atoms with van der Waals surface area (Å²) >= 11 is 0. The molecule has 0 saturated carbocycles. The SMILES string of the molecule is C=CCCCP(=O)(CC(=C)C)CC(=C)C. The van der Waals surface area contributed by atoms with E-state index in [0.717, 1.165) is 30.1 Å². The minimum Gasteiger partial charge on any atom is -0.323 e. The van der Waals surface area contributed by atoms with Crippen molar-refractivity contribution < 1.29 is 4.57 Å². The van der Waals surface area contributed by atoms with Gasteiger partial charge in [-0.1, -0.05) is 30.4 Å². The standard InChI is InChI=1S/C13H23OP/c1-6-7-8-9-15(14,10-12(2)3)11-13(4)5/h6H,1-2,4,7-11H2,3,5H3. The van der Waals surface area contributed by atoms with E-state index in [2.05, 4.69) is 19.7 Å². The van der Waals surface area contributed by atoms with Crippen LogP contribution in [0.25, 0.3) is 0 Å². The van der Waals surface area contributed by atoms with Crippen molar-refractivity contribution >= 4 is 7.14 Å². The van der Waals surface area contributed by atoms with E-state index < -0.39 is 7.14 Å². The molecular weight excluding hydrogens is 203 g/mol. The number of rotatable bonds is 8. The molecule has 0 radical (unpaired) electrons. The van der Waals surface area contributed by atoms with Gasteiger partial charge in [0.15, 0.2) is 0 Å². The third kappa shape index (κ3) is 7.39. The zero-order chi connectivity index (χ0) is 11.9. The summed E-state index contributed by atoms with van der Waals surface area (Å²) in [6.07, 6.45) is 5.90. The molecule has 86 valence electrons. The normalized spacial score (nSPS) is 11.1. The van der Waals surface area contributed by atoms with E-state index in [0.29, 0.717) is 12.3 Å². The second kappa shape index (κ2) is 6.85. The van der Waals surface area contributed by atoms with E-state index in [9.17, 15) is 4.57 Å². The van der Waals surface area contributed by atoms with Gasteiger partial charge < -0.3 is 4.57 Å². The molecule has 0 fully saturated rings. The van der Waals surface area contributed by atoms with Crippen LogP contribution in [0, 0.1) is 0 Å². The quantitative estimate of drug-likeness (QED) is 0.339. The lowest BCUT2D eigenvalue weighted by molar-refractivity contribution is 0.575. The first kappa shape index (κ1) is 14.5. The van der Waals surface area contributed by atoms with Crippen LogP contribution in [-0.2, 0) is 4.57 Å². The summed E-state index contributed by atoms with van der Waals surface area (Å²) in [5.41, 5.74) is 2.02. The molecule has 0 heterocycles. The van der Waals surface area contributed by atoms with Gasteiger partial charge in [-0.25, -0.2) is 0 Å². The van der Waals surface area contributed by atoms with Crippen molar-refractivity contribution in [2.75, 3.05) is 18.5 Å². The van der Waals surface area contributed by atoms with Gasteiger partial charge in [0.05, 0.1) is 7.14 Å². The average molecular weight is 226 g/mol. The molecule has 0 aromatic heterocycles. The van der Waals surface area contributed by atoms with E-state index in [1.807, 2.05) is 19.9 Å². The Morgan fingerprint density at radius 1 is 1.20 bits per heavy atom. The molecule has 0 rings (SSSR count). The van der Waals surface area contributed by atoms with Gasteiger partial charge in [0.25, 0.3) is 0 Å². The first-order chi connectivity index (χ1) is 6.89. The fourth-order valence-corrected chi connectivity index (χ4v) is 4.88. The van der Waals surface area contributed by atoms with Crippen LogP contribution in [0.1, 0.15) is 26.7 Å². The van der Waals surface area contributed by atoms with Crippen LogP contribution in [0.5, 0.6) is 0 Å². The zero-order valence-corrected chi connectivity index (χ0v) is 11.0. The van der Waals surface area contributed by atoms with Crippen LogP contribution in [0.15, 0.2) is 37.0 Å². The summed E-state index contributed by atoms with van der Waals surface area (Å²) in [6.45, 7) is 15.3. The van der Waals surface area contributed by atoms with Gasteiger partial charge in [0.1, 0.15) is 0 Å². The number of unbranched alkanes of at least 4 members (excludes halogenated alkanes) is 1. The predicted octanol–water partition coefficient (Wildman–Crippen LogP) is 4.47. The molecule has 2 heteroatoms. The highest BCUT2D eigenvalue weighted by Gasteiger charge is 2.21. The zero-order valence-electron chi connectivity index (χ0n) is 10.1. The van der Waals surface area contributed by atoms with Crippen LogP contribution in [0.2, 0.25) is 0 Å². The Kier molecular flexibility index (Phi) is 6.60. The summed E-state index contributed by atoms with van der Waals surface area (Å²) in [4.78, 5) is 0. The Hall–Kier alpha value is -0.550. The van der Waals surface area contributed by atoms with Gasteiger partial charge >= 0.3 is 0 Å². The van der Waals surface area contributed by atoms with Gasteiger partial charge in [-0.15, -0.1) is 6.58 Å². The Labute approximate surface area is 94.3 Å². The highest BCUT2D eigenvalue weighted by Crippen LogP contribution is 2.49. The molecule has 0 bridgehead atoms. The minimum atomic E-state index is -2.11. The van der Waals surface area contributed by atoms with Gasteiger partial charge in [0.2, 0.25) is 0 Å². The molecule has 0 aliphatic heterocycles. The first-order valence-corrected chi connectivity index (χ1v) is 7.62. The second-order valence-electron chi connectivity index (χ2n) is 4.44. The smallest absolute Gasteiger partial charge is 0.0954 e. The molecule has 0 spiro atoms. The highest BCUT2D eigenvalue weighted by molar-refractivity contribution is 7.64. The molecule has 0 atom stereocenters. The lowest BCUT2D eigenvalue weighted by Gasteiger charge is -2.18. The van der Waals surface area contributed by atoms with E-state index in [1.54, 1.807) is 0 Å². The van der Waals surface area contributed by atoms with Crippen LogP contribution in [0.3, 0.4) is 0 Å². The summed E-state index contributed by atoms with van der Waals surface area (Å²) in [5, 5.41) is 0. The Balaban J connectivity index is 4.40. The second-order valence-corrected chi connectivity index (χ2v) is 7.64. The maximum absolute atomic E-state index is 12.6. The fourth-order valence-electron chi connectivity index (χ4n) is 1.72. The van der Waals surface area contributed by atoms with Gasteiger partial charge in [-0.2, -0.15) is 0 Å². The van der Waals surface area contributed by atoms with Crippen molar-refractivity contribution in [3.63, 3.8) is 0 Å². The van der Waals surface area contributed by atoms with Crippen molar-refractivity contribution in [3.8, 4) is 0 Å². The number of allylic oxidation sites excluding steroid dienone is 3. The summed E-state index contributed by atoms with van der Waals surface area (Å²) in [6, 6.07) is 0. The van der Waals surface area contributed by atoms with Crippen molar-refractivity contribution in [1.82, 2.24) is 0 Å². The maximum Gasteiger partial charge on any atom is 0.0954 e. The molecule has 15 heavy (non-hydrogen) atoms. The molecule has 0 aliphatic rings. The molecule has 0 aromatic carbocycles. The monoisotopic (exact) mass is 226 g/mol. The molecule has 0 saturated heterocycles. The molecule has 0 N–H and O–H groups in total. The van der Waals surface area contributed by atoms with Crippen LogP contribution < -0.4 is 0 Å². The van der Waals surface area contributed by atoms with Crippen molar-refractivity contribution in [2.24, 2.45) is 0 Å². The Bertz CT molecular complexity index is 269. The Morgan fingerprint density at radius 2 is 1.67 bits per heavy atom. The first-order valence-electron chi connectivity index (χ1n) is 5.36. The third-order valence-electron chi connectivity index (χ3n) is 2.09. The van der Waals surface area contributed by atoms with Crippen LogP contribution in [0.4, 0.5) is 0 Å². The van der Waals surface area contributed by atoms with E-state index in [1.165, 1.54) is 0 Å². The van der Waals surface area contributed by atoms with Crippen molar-refractivity contribution in [2.45, 2.75) is 26.7 Å². The molecule has 0 aliphatic carbocycles. The van der Waals surface area contributed by atoms with E-state index >= 15 is 0 Å². The predicted molar refractivity (Wildman–Crippen MR) is 71.3 cm³/mol. The van der Waals surface area contributed by atoms with E-state index in [4.69, 9.17) is 0 Å². The topological polar surface area (TPSA) is 17.1 Å².